The van der Waals surface area contributed by atoms with Crippen molar-refractivity contribution < 1.29 is 22.0 Å². The number of anilines is 2. The van der Waals surface area contributed by atoms with E-state index in [1.807, 2.05) is 0 Å². The fourth-order valence-electron chi connectivity index (χ4n) is 1.00. The number of rotatable bonds is 1. The lowest BCUT2D eigenvalue weighted by Gasteiger charge is -2.14. The van der Waals surface area contributed by atoms with Crippen molar-refractivity contribution in [1.29, 1.82) is 0 Å². The van der Waals surface area contributed by atoms with Crippen molar-refractivity contribution in [2.75, 3.05) is 11.5 Å². The highest BCUT2D eigenvalue weighted by Crippen LogP contribution is 2.39. The summed E-state index contributed by atoms with van der Waals surface area (Å²) in [6.45, 7) is 0. The molecule has 0 fully saturated rings. The molecule has 0 aliphatic rings. The van der Waals surface area contributed by atoms with Crippen LogP contribution < -0.4 is 11.5 Å². The van der Waals surface area contributed by atoms with Crippen molar-refractivity contribution in [3.63, 3.8) is 0 Å². The van der Waals surface area contributed by atoms with Gasteiger partial charge in [0.15, 0.2) is 5.69 Å². The van der Waals surface area contributed by atoms with Gasteiger partial charge in [0, 0.05) is 0 Å². The lowest BCUT2D eigenvalue weighted by molar-refractivity contribution is -0.143. The van der Waals surface area contributed by atoms with E-state index in [0.717, 1.165) is 0 Å². The van der Waals surface area contributed by atoms with Crippen molar-refractivity contribution in [1.82, 2.24) is 4.98 Å². The molecule has 1 rings (SSSR count). The molecule has 0 unspecified atom stereocenters. The summed E-state index contributed by atoms with van der Waals surface area (Å²) in [7, 11) is 0. The molecule has 0 saturated carbocycles. The molecule has 0 aromatic carbocycles. The first-order valence-electron chi connectivity index (χ1n) is 3.64. The summed E-state index contributed by atoms with van der Waals surface area (Å²) in [6.07, 6.45) is -7.75. The molecular formula is C7H6F5N3. The van der Waals surface area contributed by atoms with Gasteiger partial charge in [-0.15, -0.1) is 0 Å². The predicted molar refractivity (Wildman–Crippen MR) is 43.0 cm³/mol. The summed E-state index contributed by atoms with van der Waals surface area (Å²) in [5.41, 5.74) is 5.85. The minimum Gasteiger partial charge on any atom is -0.397 e. The summed E-state index contributed by atoms with van der Waals surface area (Å²) in [5.74, 6) is 0. The Kier molecular flexibility index (Phi) is 2.69. The maximum atomic E-state index is 12.3. The minimum atomic E-state index is -4.98. The Hall–Kier alpha value is -1.60. The smallest absolute Gasteiger partial charge is 0.397 e. The van der Waals surface area contributed by atoms with Crippen LogP contribution in [-0.2, 0) is 6.18 Å². The highest BCUT2D eigenvalue weighted by Gasteiger charge is 2.39. The second-order valence-electron chi connectivity index (χ2n) is 2.69. The molecule has 1 heterocycles. The van der Waals surface area contributed by atoms with E-state index in [9.17, 15) is 22.0 Å². The average molecular weight is 227 g/mol. The number of pyridine rings is 1. The maximum Gasteiger partial charge on any atom is 0.433 e. The molecule has 3 nitrogen and oxygen atoms in total. The summed E-state index contributed by atoms with van der Waals surface area (Å²) in [6, 6.07) is 0. The first-order valence-corrected chi connectivity index (χ1v) is 3.64. The Morgan fingerprint density at radius 1 is 1.20 bits per heavy atom. The molecule has 0 radical (unpaired) electrons. The van der Waals surface area contributed by atoms with Crippen molar-refractivity contribution in [2.45, 2.75) is 12.6 Å². The van der Waals surface area contributed by atoms with Gasteiger partial charge in [0.05, 0.1) is 23.1 Å². The van der Waals surface area contributed by atoms with Gasteiger partial charge in [-0.3, -0.25) is 0 Å². The van der Waals surface area contributed by atoms with Gasteiger partial charge in [-0.2, -0.15) is 13.2 Å². The number of nitrogens with zero attached hydrogens (tertiary/aromatic N) is 1. The van der Waals surface area contributed by atoms with Gasteiger partial charge < -0.3 is 11.5 Å². The van der Waals surface area contributed by atoms with Crippen LogP contribution in [-0.4, -0.2) is 4.98 Å². The number of halogens is 5. The Balaban J connectivity index is 3.47. The zero-order chi connectivity index (χ0) is 11.8. The number of alkyl halides is 5. The number of nitrogen functional groups attached to an aromatic ring is 2. The molecule has 0 aliphatic heterocycles. The van der Waals surface area contributed by atoms with Crippen molar-refractivity contribution in [3.8, 4) is 0 Å². The van der Waals surface area contributed by atoms with E-state index in [1.54, 1.807) is 0 Å². The Labute approximate surface area is 80.9 Å². The second kappa shape index (κ2) is 3.52. The molecule has 1 aromatic heterocycles. The molecule has 0 amide bonds. The maximum absolute atomic E-state index is 12.3. The third-order valence-electron chi connectivity index (χ3n) is 1.68. The standard InChI is InChI=1S/C7H6F5N3/c8-6(9)3-4(14)2(13)1-15-5(3)7(10,11)12/h1,6H,13H2,(H2,14,15). The van der Waals surface area contributed by atoms with Gasteiger partial charge in [-0.25, -0.2) is 13.8 Å². The molecule has 0 atom stereocenters. The van der Waals surface area contributed by atoms with Crippen LogP contribution >= 0.6 is 0 Å². The number of aromatic nitrogens is 1. The largest absolute Gasteiger partial charge is 0.433 e. The summed E-state index contributed by atoms with van der Waals surface area (Å²) in [4.78, 5) is 2.82. The summed E-state index contributed by atoms with van der Waals surface area (Å²) in [5, 5.41) is 0. The molecule has 0 bridgehead atoms. The zero-order valence-corrected chi connectivity index (χ0v) is 7.15. The van der Waals surface area contributed by atoms with Crippen LogP contribution in [0.15, 0.2) is 6.20 Å². The highest BCUT2D eigenvalue weighted by molar-refractivity contribution is 5.67. The van der Waals surface area contributed by atoms with Crippen molar-refractivity contribution in [3.05, 3.63) is 17.5 Å². The number of hydrogen-bond donors (Lipinski definition) is 2. The number of hydrogen-bond acceptors (Lipinski definition) is 3. The van der Waals surface area contributed by atoms with Crippen LogP contribution in [0.2, 0.25) is 0 Å². The first-order chi connectivity index (χ1) is 6.75. The van der Waals surface area contributed by atoms with Gasteiger partial charge >= 0.3 is 6.18 Å². The molecule has 0 spiro atoms. The summed E-state index contributed by atoms with van der Waals surface area (Å²) < 4.78 is 61.3. The Morgan fingerprint density at radius 3 is 2.13 bits per heavy atom. The highest BCUT2D eigenvalue weighted by atomic mass is 19.4. The van der Waals surface area contributed by atoms with Crippen LogP contribution in [0.5, 0.6) is 0 Å². The van der Waals surface area contributed by atoms with Crippen LogP contribution in [0.25, 0.3) is 0 Å². The molecule has 0 saturated heterocycles. The lowest BCUT2D eigenvalue weighted by atomic mass is 10.1. The van der Waals surface area contributed by atoms with Gasteiger partial charge in [0.2, 0.25) is 0 Å². The van der Waals surface area contributed by atoms with Gasteiger partial charge in [-0.1, -0.05) is 0 Å². The molecule has 84 valence electrons. The topological polar surface area (TPSA) is 64.9 Å². The van der Waals surface area contributed by atoms with Crippen molar-refractivity contribution in [2.24, 2.45) is 0 Å². The van der Waals surface area contributed by atoms with Gasteiger partial charge in [-0.05, 0) is 0 Å². The minimum absolute atomic E-state index is 0.404. The van der Waals surface area contributed by atoms with Crippen LogP contribution in [0.3, 0.4) is 0 Å². The third kappa shape index (κ3) is 2.08. The monoisotopic (exact) mass is 227 g/mol. The quantitative estimate of drug-likeness (QED) is 0.723. The van der Waals surface area contributed by atoms with Crippen LogP contribution in [0, 0.1) is 0 Å². The predicted octanol–water partition coefficient (Wildman–Crippen LogP) is 2.20. The molecule has 1 aromatic rings. The Morgan fingerprint density at radius 2 is 1.73 bits per heavy atom. The van der Waals surface area contributed by atoms with Crippen molar-refractivity contribution >= 4 is 11.4 Å². The third-order valence-corrected chi connectivity index (χ3v) is 1.68. The molecule has 4 N–H and O–H groups in total. The number of nitrogens with two attached hydrogens (primary N) is 2. The van der Waals surface area contributed by atoms with E-state index < -0.39 is 35.2 Å². The van der Waals surface area contributed by atoms with Gasteiger partial charge in [0.25, 0.3) is 6.43 Å². The normalized spacial score (nSPS) is 12.1. The van der Waals surface area contributed by atoms with E-state index in [4.69, 9.17) is 11.5 Å². The van der Waals surface area contributed by atoms with Gasteiger partial charge in [0.1, 0.15) is 0 Å². The van der Waals surface area contributed by atoms with E-state index in [0.29, 0.717) is 6.20 Å². The fourth-order valence-corrected chi connectivity index (χ4v) is 1.00. The van der Waals surface area contributed by atoms with E-state index in [-0.39, 0.29) is 0 Å². The van der Waals surface area contributed by atoms with Crippen LogP contribution in [0.1, 0.15) is 17.7 Å². The fraction of sp³-hybridized carbons (Fsp3) is 0.286. The van der Waals surface area contributed by atoms with E-state index in [2.05, 4.69) is 4.98 Å². The molecule has 15 heavy (non-hydrogen) atoms. The van der Waals surface area contributed by atoms with Crippen LogP contribution in [0.4, 0.5) is 33.3 Å². The second-order valence-corrected chi connectivity index (χ2v) is 2.69. The summed E-state index contributed by atoms with van der Waals surface area (Å²) >= 11 is 0. The molecular weight excluding hydrogens is 221 g/mol. The molecule has 0 aliphatic carbocycles. The SMILES string of the molecule is Nc1cnc(C(F)(F)F)c(C(F)F)c1N. The zero-order valence-electron chi connectivity index (χ0n) is 7.15. The van der Waals surface area contributed by atoms with E-state index >= 15 is 0 Å². The Bertz CT molecular complexity index is 374. The molecule has 8 heteroatoms. The lowest BCUT2D eigenvalue weighted by Crippen LogP contribution is -2.15. The van der Waals surface area contributed by atoms with E-state index in [1.165, 1.54) is 0 Å². The first kappa shape index (κ1) is 11.5. The average Bonchev–Trinajstić information content (AvgIpc) is 2.06.